The van der Waals surface area contributed by atoms with Crippen molar-refractivity contribution in [1.82, 2.24) is 10.2 Å². The lowest BCUT2D eigenvalue weighted by Crippen LogP contribution is -2.43. The van der Waals surface area contributed by atoms with E-state index in [0.29, 0.717) is 17.7 Å². The van der Waals surface area contributed by atoms with Crippen LogP contribution in [0.15, 0.2) is 91.0 Å². The smallest absolute Gasteiger partial charge is 0.338 e. The molecule has 1 saturated heterocycles. The zero-order valence-electron chi connectivity index (χ0n) is 20.5. The van der Waals surface area contributed by atoms with Crippen LogP contribution in [0.5, 0.6) is 0 Å². The molecule has 1 heterocycles. The van der Waals surface area contributed by atoms with Crippen LogP contribution in [0.3, 0.4) is 0 Å². The standard InChI is InChI=1S/C29H30N2O6/c1-30-25(32)17-23-27(37-29(35)22-15-9-4-10-16-22)26(33)24(31(23)18-20-11-5-2-6-12-20)19-36-28(34)21-13-7-3-8-14-21/h2-16,23-24,26-27,33H,17-19H2,1H3,(H,30,32). The number of nitrogens with one attached hydrogen (secondary N) is 1. The van der Waals surface area contributed by atoms with Crippen molar-refractivity contribution in [3.8, 4) is 0 Å². The van der Waals surface area contributed by atoms with Crippen LogP contribution in [0.1, 0.15) is 32.7 Å². The van der Waals surface area contributed by atoms with Crippen molar-refractivity contribution in [2.24, 2.45) is 0 Å². The summed E-state index contributed by atoms with van der Waals surface area (Å²) < 4.78 is 11.4. The molecule has 2 N–H and O–H groups in total. The molecule has 3 aromatic rings. The number of nitrogens with zero attached hydrogens (tertiary/aromatic N) is 1. The van der Waals surface area contributed by atoms with Gasteiger partial charge in [-0.25, -0.2) is 9.59 Å². The van der Waals surface area contributed by atoms with E-state index in [-0.39, 0.29) is 18.9 Å². The molecule has 1 aliphatic heterocycles. The highest BCUT2D eigenvalue weighted by Crippen LogP contribution is 2.32. The Morgan fingerprint density at radius 3 is 1.92 bits per heavy atom. The molecule has 0 aromatic heterocycles. The van der Waals surface area contributed by atoms with E-state index in [1.807, 2.05) is 35.2 Å². The summed E-state index contributed by atoms with van der Waals surface area (Å²) >= 11 is 0. The Labute approximate surface area is 215 Å². The van der Waals surface area contributed by atoms with Crippen molar-refractivity contribution < 1.29 is 29.0 Å². The predicted octanol–water partition coefficient (Wildman–Crippen LogP) is 2.82. The van der Waals surface area contributed by atoms with E-state index >= 15 is 0 Å². The summed E-state index contributed by atoms with van der Waals surface area (Å²) in [6.07, 6.45) is -2.24. The molecule has 4 atom stereocenters. The Balaban J connectivity index is 1.62. The van der Waals surface area contributed by atoms with Crippen molar-refractivity contribution >= 4 is 17.8 Å². The summed E-state index contributed by atoms with van der Waals surface area (Å²) in [6, 6.07) is 25.2. The molecule has 0 spiro atoms. The number of esters is 2. The van der Waals surface area contributed by atoms with Crippen molar-refractivity contribution in [2.45, 2.75) is 37.3 Å². The first kappa shape index (κ1) is 26.1. The third-order valence-electron chi connectivity index (χ3n) is 6.49. The summed E-state index contributed by atoms with van der Waals surface area (Å²) in [6.45, 7) is 0.206. The fraction of sp³-hybridized carbons (Fsp3) is 0.276. The largest absolute Gasteiger partial charge is 0.460 e. The molecule has 0 saturated carbocycles. The minimum absolute atomic E-state index is 0.0176. The summed E-state index contributed by atoms with van der Waals surface area (Å²) in [4.78, 5) is 40.0. The molecule has 8 nitrogen and oxygen atoms in total. The second kappa shape index (κ2) is 12.3. The zero-order chi connectivity index (χ0) is 26.2. The molecule has 1 fully saturated rings. The number of aliphatic hydroxyl groups excluding tert-OH is 1. The first-order chi connectivity index (χ1) is 18.0. The predicted molar refractivity (Wildman–Crippen MR) is 137 cm³/mol. The Hall–Kier alpha value is -4.01. The second-order valence-electron chi connectivity index (χ2n) is 8.86. The third-order valence-corrected chi connectivity index (χ3v) is 6.49. The van der Waals surface area contributed by atoms with Crippen LogP contribution >= 0.6 is 0 Å². The number of aliphatic hydroxyl groups is 1. The molecule has 1 amide bonds. The minimum Gasteiger partial charge on any atom is -0.460 e. The van der Waals surface area contributed by atoms with Gasteiger partial charge in [-0.05, 0) is 29.8 Å². The summed E-state index contributed by atoms with van der Waals surface area (Å²) in [5.74, 6) is -1.40. The SMILES string of the molecule is CNC(=O)CC1C(OC(=O)c2ccccc2)C(O)C(COC(=O)c2ccccc2)N1Cc1ccccc1. The molecule has 0 radical (unpaired) electrons. The van der Waals surface area contributed by atoms with E-state index in [1.165, 1.54) is 7.05 Å². The number of likely N-dealkylation sites (tertiary alicyclic amines) is 1. The van der Waals surface area contributed by atoms with E-state index in [4.69, 9.17) is 9.47 Å². The number of ether oxygens (including phenoxy) is 2. The normalized spacial score (nSPS) is 21.2. The van der Waals surface area contributed by atoms with Gasteiger partial charge in [0, 0.05) is 20.0 Å². The molecule has 4 rings (SSSR count). The summed E-state index contributed by atoms with van der Waals surface area (Å²) in [7, 11) is 1.53. The van der Waals surface area contributed by atoms with Crippen LogP contribution in [0.25, 0.3) is 0 Å². The van der Waals surface area contributed by atoms with E-state index in [2.05, 4.69) is 5.32 Å². The average Bonchev–Trinajstić information content (AvgIpc) is 3.17. The first-order valence-corrected chi connectivity index (χ1v) is 12.1. The zero-order valence-corrected chi connectivity index (χ0v) is 20.5. The van der Waals surface area contributed by atoms with Crippen molar-refractivity contribution in [1.29, 1.82) is 0 Å². The number of amides is 1. The molecule has 4 unspecified atom stereocenters. The van der Waals surface area contributed by atoms with Gasteiger partial charge < -0.3 is 19.9 Å². The van der Waals surface area contributed by atoms with Crippen molar-refractivity contribution in [3.05, 3.63) is 108 Å². The van der Waals surface area contributed by atoms with Crippen LogP contribution in [-0.4, -0.2) is 65.8 Å². The molecule has 192 valence electrons. The quantitative estimate of drug-likeness (QED) is 0.434. The fourth-order valence-electron chi connectivity index (χ4n) is 4.56. The number of carbonyl (C=O) groups is 3. The Kier molecular flexibility index (Phi) is 8.66. The van der Waals surface area contributed by atoms with Crippen LogP contribution in [-0.2, 0) is 20.8 Å². The summed E-state index contributed by atoms with van der Waals surface area (Å²) in [5, 5.41) is 14.0. The number of carbonyl (C=O) groups excluding carboxylic acids is 3. The molecule has 1 aliphatic rings. The highest BCUT2D eigenvalue weighted by Gasteiger charge is 2.51. The molecule has 0 bridgehead atoms. The van der Waals surface area contributed by atoms with Gasteiger partial charge in [-0.15, -0.1) is 0 Å². The van der Waals surface area contributed by atoms with E-state index in [9.17, 15) is 19.5 Å². The topological polar surface area (TPSA) is 105 Å². The molecule has 0 aliphatic carbocycles. The van der Waals surface area contributed by atoms with Crippen molar-refractivity contribution in [3.63, 3.8) is 0 Å². The van der Waals surface area contributed by atoms with E-state index in [0.717, 1.165) is 5.56 Å². The highest BCUT2D eigenvalue weighted by atomic mass is 16.6. The van der Waals surface area contributed by atoms with Crippen molar-refractivity contribution in [2.75, 3.05) is 13.7 Å². The maximum absolute atomic E-state index is 12.9. The number of benzene rings is 3. The van der Waals surface area contributed by atoms with Crippen LogP contribution in [0.2, 0.25) is 0 Å². The van der Waals surface area contributed by atoms with Gasteiger partial charge in [-0.2, -0.15) is 0 Å². The second-order valence-corrected chi connectivity index (χ2v) is 8.86. The van der Waals surface area contributed by atoms with E-state index < -0.39 is 36.2 Å². The third kappa shape index (κ3) is 6.41. The number of hydrogen-bond acceptors (Lipinski definition) is 7. The maximum atomic E-state index is 12.9. The number of rotatable bonds is 9. The van der Waals surface area contributed by atoms with Crippen LogP contribution in [0, 0.1) is 0 Å². The van der Waals surface area contributed by atoms with Gasteiger partial charge in [0.25, 0.3) is 0 Å². The van der Waals surface area contributed by atoms with Gasteiger partial charge in [-0.1, -0.05) is 66.7 Å². The monoisotopic (exact) mass is 502 g/mol. The maximum Gasteiger partial charge on any atom is 0.338 e. The molecule has 8 heteroatoms. The molecular weight excluding hydrogens is 472 g/mol. The Morgan fingerprint density at radius 1 is 0.811 bits per heavy atom. The minimum atomic E-state index is -1.20. The first-order valence-electron chi connectivity index (χ1n) is 12.1. The van der Waals surface area contributed by atoms with Crippen LogP contribution < -0.4 is 5.32 Å². The lowest BCUT2D eigenvalue weighted by atomic mass is 10.0. The summed E-state index contributed by atoms with van der Waals surface area (Å²) in [5.41, 5.74) is 1.66. The van der Waals surface area contributed by atoms with Gasteiger partial charge in [0.2, 0.25) is 5.91 Å². The van der Waals surface area contributed by atoms with Gasteiger partial charge >= 0.3 is 11.9 Å². The average molecular weight is 503 g/mol. The lowest BCUT2D eigenvalue weighted by Gasteiger charge is -2.30. The molecular formula is C29H30N2O6. The van der Waals surface area contributed by atoms with Gasteiger partial charge in [0.05, 0.1) is 23.2 Å². The van der Waals surface area contributed by atoms with Gasteiger partial charge in [0.15, 0.2) is 0 Å². The van der Waals surface area contributed by atoms with Gasteiger partial charge in [0.1, 0.15) is 18.8 Å². The molecule has 37 heavy (non-hydrogen) atoms. The molecule has 3 aromatic carbocycles. The fourth-order valence-corrected chi connectivity index (χ4v) is 4.56. The Bertz CT molecular complexity index is 1190. The van der Waals surface area contributed by atoms with E-state index in [1.54, 1.807) is 60.7 Å². The highest BCUT2D eigenvalue weighted by molar-refractivity contribution is 5.90. The lowest BCUT2D eigenvalue weighted by molar-refractivity contribution is -0.122. The van der Waals surface area contributed by atoms with Gasteiger partial charge in [-0.3, -0.25) is 9.69 Å². The van der Waals surface area contributed by atoms with Crippen LogP contribution in [0.4, 0.5) is 0 Å². The Morgan fingerprint density at radius 2 is 1.35 bits per heavy atom. The number of hydrogen-bond donors (Lipinski definition) is 2.